The molecule has 1 N–H and O–H groups in total. The molecule has 2 rings (SSSR count). The lowest BCUT2D eigenvalue weighted by Crippen LogP contribution is -2.28. The molecular formula is C13H13BrClN3O. The second-order valence-corrected chi connectivity index (χ2v) is 5.62. The van der Waals surface area contributed by atoms with E-state index in [1.54, 1.807) is 20.2 Å². The summed E-state index contributed by atoms with van der Waals surface area (Å²) in [5, 5.41) is 4.51. The van der Waals surface area contributed by atoms with Crippen molar-refractivity contribution in [2.24, 2.45) is 0 Å². The van der Waals surface area contributed by atoms with Crippen LogP contribution < -0.4 is 5.32 Å². The molecule has 0 aliphatic carbocycles. The van der Waals surface area contributed by atoms with Crippen molar-refractivity contribution in [2.75, 3.05) is 26.0 Å². The summed E-state index contributed by atoms with van der Waals surface area (Å²) in [5.74, 6) is 0.621. The van der Waals surface area contributed by atoms with Crippen LogP contribution in [0.25, 0.3) is 10.9 Å². The Labute approximate surface area is 124 Å². The molecule has 19 heavy (non-hydrogen) atoms. The first-order chi connectivity index (χ1) is 8.97. The van der Waals surface area contributed by atoms with Crippen molar-refractivity contribution in [3.63, 3.8) is 0 Å². The fourth-order valence-electron chi connectivity index (χ4n) is 1.58. The molecule has 4 nitrogen and oxygen atoms in total. The van der Waals surface area contributed by atoms with E-state index >= 15 is 0 Å². The second-order valence-electron chi connectivity index (χ2n) is 4.30. The van der Waals surface area contributed by atoms with Crippen molar-refractivity contribution in [3.8, 4) is 0 Å². The number of benzene rings is 1. The molecule has 0 aliphatic heterocycles. The summed E-state index contributed by atoms with van der Waals surface area (Å²) in [5.41, 5.74) is 0.715. The molecule has 0 bridgehead atoms. The highest BCUT2D eigenvalue weighted by molar-refractivity contribution is 9.10. The first kappa shape index (κ1) is 14.1. The fraction of sp³-hybridized carbons (Fsp3) is 0.231. The van der Waals surface area contributed by atoms with E-state index in [9.17, 15) is 4.79 Å². The number of likely N-dealkylation sites (N-methyl/N-ethyl adjacent to an activating group) is 1. The minimum Gasteiger partial charge on any atom is -0.361 e. The minimum absolute atomic E-state index is 0.0104. The lowest BCUT2D eigenvalue weighted by atomic mass is 10.2. The summed E-state index contributed by atoms with van der Waals surface area (Å²) in [6, 6.07) is 7.49. The van der Waals surface area contributed by atoms with E-state index in [4.69, 9.17) is 11.6 Å². The van der Waals surface area contributed by atoms with E-state index in [1.807, 2.05) is 18.2 Å². The molecule has 0 unspecified atom stereocenters. The fourth-order valence-corrected chi connectivity index (χ4v) is 2.46. The van der Waals surface area contributed by atoms with E-state index in [0.29, 0.717) is 16.4 Å². The second kappa shape index (κ2) is 5.75. The third-order valence-electron chi connectivity index (χ3n) is 2.63. The van der Waals surface area contributed by atoms with E-state index in [-0.39, 0.29) is 12.5 Å². The Morgan fingerprint density at radius 3 is 2.84 bits per heavy atom. The first-order valence-electron chi connectivity index (χ1n) is 5.67. The highest BCUT2D eigenvalue weighted by Gasteiger charge is 2.06. The number of carbonyl (C=O) groups is 1. The molecule has 0 saturated heterocycles. The molecule has 6 heteroatoms. The maximum atomic E-state index is 11.5. The number of nitrogens with one attached hydrogen (secondary N) is 1. The quantitative estimate of drug-likeness (QED) is 0.932. The van der Waals surface area contributed by atoms with Crippen LogP contribution >= 0.6 is 27.5 Å². The first-order valence-corrected chi connectivity index (χ1v) is 6.84. The van der Waals surface area contributed by atoms with Gasteiger partial charge in [-0.25, -0.2) is 4.98 Å². The zero-order valence-electron chi connectivity index (χ0n) is 10.6. The van der Waals surface area contributed by atoms with Gasteiger partial charge < -0.3 is 10.2 Å². The SMILES string of the molecule is CN(C)C(=O)CNc1ccc2cc(Br)cc(Cl)c2n1. The van der Waals surface area contributed by atoms with Gasteiger partial charge in [0.25, 0.3) is 0 Å². The smallest absolute Gasteiger partial charge is 0.241 e. The van der Waals surface area contributed by atoms with Gasteiger partial charge in [-0.2, -0.15) is 0 Å². The summed E-state index contributed by atoms with van der Waals surface area (Å²) in [7, 11) is 3.43. The molecule has 0 spiro atoms. The molecule has 100 valence electrons. The zero-order valence-corrected chi connectivity index (χ0v) is 12.9. The number of hydrogen-bond acceptors (Lipinski definition) is 3. The van der Waals surface area contributed by atoms with Gasteiger partial charge in [-0.3, -0.25) is 4.79 Å². The Bertz CT molecular complexity index is 631. The van der Waals surface area contributed by atoms with Crippen molar-refractivity contribution < 1.29 is 4.79 Å². The number of halogens is 2. The number of carbonyl (C=O) groups excluding carboxylic acids is 1. The maximum absolute atomic E-state index is 11.5. The molecule has 1 heterocycles. The molecule has 1 aromatic carbocycles. The van der Waals surface area contributed by atoms with Crippen LogP contribution in [-0.2, 0) is 4.79 Å². The lowest BCUT2D eigenvalue weighted by Gasteiger charge is -2.11. The van der Waals surface area contributed by atoms with Crippen LogP contribution in [0.3, 0.4) is 0 Å². The summed E-state index contributed by atoms with van der Waals surface area (Å²) < 4.78 is 0.912. The molecule has 1 aromatic heterocycles. The summed E-state index contributed by atoms with van der Waals surface area (Å²) in [4.78, 5) is 17.4. The Kier molecular flexibility index (Phi) is 4.27. The molecule has 1 amide bonds. The number of fused-ring (bicyclic) bond motifs is 1. The van der Waals surface area contributed by atoms with Gasteiger partial charge in [0.05, 0.1) is 17.1 Å². The van der Waals surface area contributed by atoms with E-state index in [1.165, 1.54) is 4.90 Å². The topological polar surface area (TPSA) is 45.2 Å². The largest absolute Gasteiger partial charge is 0.361 e. The molecule has 0 atom stereocenters. The van der Waals surface area contributed by atoms with Crippen LogP contribution in [0.1, 0.15) is 0 Å². The Morgan fingerprint density at radius 2 is 2.16 bits per heavy atom. The monoisotopic (exact) mass is 341 g/mol. The molecule has 0 saturated carbocycles. The minimum atomic E-state index is -0.0104. The predicted octanol–water partition coefficient (Wildman–Crippen LogP) is 3.15. The van der Waals surface area contributed by atoms with Crippen molar-refractivity contribution in [3.05, 3.63) is 33.8 Å². The van der Waals surface area contributed by atoms with Crippen LogP contribution in [0, 0.1) is 0 Å². The van der Waals surface area contributed by atoms with Crippen LogP contribution in [0.2, 0.25) is 5.02 Å². The number of amides is 1. The molecule has 0 fully saturated rings. The van der Waals surface area contributed by atoms with Gasteiger partial charge in [-0.05, 0) is 24.3 Å². The van der Waals surface area contributed by atoms with Gasteiger partial charge >= 0.3 is 0 Å². The van der Waals surface area contributed by atoms with Gasteiger partial charge in [-0.1, -0.05) is 27.5 Å². The highest BCUT2D eigenvalue weighted by Crippen LogP contribution is 2.27. The highest BCUT2D eigenvalue weighted by atomic mass is 79.9. The average molecular weight is 343 g/mol. The molecule has 0 aliphatic rings. The maximum Gasteiger partial charge on any atom is 0.241 e. The lowest BCUT2D eigenvalue weighted by molar-refractivity contribution is -0.126. The van der Waals surface area contributed by atoms with Gasteiger partial charge in [-0.15, -0.1) is 0 Å². The number of anilines is 1. The Morgan fingerprint density at radius 1 is 1.42 bits per heavy atom. The molecule has 0 radical (unpaired) electrons. The Balaban J connectivity index is 2.24. The van der Waals surface area contributed by atoms with Crippen molar-refractivity contribution >= 4 is 50.2 Å². The zero-order chi connectivity index (χ0) is 14.0. The molecular weight excluding hydrogens is 330 g/mol. The number of nitrogens with zero attached hydrogens (tertiary/aromatic N) is 2. The third-order valence-corrected chi connectivity index (χ3v) is 3.38. The van der Waals surface area contributed by atoms with E-state index in [2.05, 4.69) is 26.2 Å². The summed E-state index contributed by atoms with van der Waals surface area (Å²) in [6.07, 6.45) is 0. The summed E-state index contributed by atoms with van der Waals surface area (Å²) in [6.45, 7) is 0.208. The van der Waals surface area contributed by atoms with Gasteiger partial charge in [0.1, 0.15) is 5.82 Å². The molecule has 2 aromatic rings. The predicted molar refractivity (Wildman–Crippen MR) is 81.6 cm³/mol. The average Bonchev–Trinajstić information content (AvgIpc) is 2.35. The van der Waals surface area contributed by atoms with Crippen molar-refractivity contribution in [2.45, 2.75) is 0 Å². The van der Waals surface area contributed by atoms with Crippen molar-refractivity contribution in [1.82, 2.24) is 9.88 Å². The number of hydrogen-bond donors (Lipinski definition) is 1. The normalized spacial score (nSPS) is 10.5. The Hall–Kier alpha value is -1.33. The standard InChI is InChI=1S/C13H13BrClN3O/c1-18(2)12(19)7-16-11-4-3-8-5-9(14)6-10(15)13(8)17-11/h3-6H,7H2,1-2H3,(H,16,17). The summed E-state index contributed by atoms with van der Waals surface area (Å²) >= 11 is 9.54. The van der Waals surface area contributed by atoms with Crippen LogP contribution in [-0.4, -0.2) is 36.4 Å². The van der Waals surface area contributed by atoms with Gasteiger partial charge in [0, 0.05) is 24.0 Å². The van der Waals surface area contributed by atoms with Crippen LogP contribution in [0.5, 0.6) is 0 Å². The number of pyridine rings is 1. The van der Waals surface area contributed by atoms with Crippen LogP contribution in [0.15, 0.2) is 28.7 Å². The number of rotatable bonds is 3. The van der Waals surface area contributed by atoms with E-state index < -0.39 is 0 Å². The van der Waals surface area contributed by atoms with Gasteiger partial charge in [0.2, 0.25) is 5.91 Å². The third kappa shape index (κ3) is 3.36. The van der Waals surface area contributed by atoms with Crippen LogP contribution in [0.4, 0.5) is 5.82 Å². The van der Waals surface area contributed by atoms with E-state index in [0.717, 1.165) is 9.86 Å². The van der Waals surface area contributed by atoms with Gasteiger partial charge in [0.15, 0.2) is 0 Å². The number of aromatic nitrogens is 1. The van der Waals surface area contributed by atoms with Crippen molar-refractivity contribution in [1.29, 1.82) is 0 Å².